The van der Waals surface area contributed by atoms with Gasteiger partial charge in [0.15, 0.2) is 0 Å². The van der Waals surface area contributed by atoms with E-state index in [1.165, 1.54) is 6.92 Å². The molecule has 14 N–H and O–H groups in total. The Hall–Kier alpha value is -6.91. The lowest BCUT2D eigenvalue weighted by molar-refractivity contribution is -0.142. The number of nitrogens with two attached hydrogens (primary N) is 1. The molecule has 0 unspecified atom stereocenters. The average Bonchev–Trinajstić information content (AvgIpc) is 3.65. The third-order valence-corrected chi connectivity index (χ3v) is 9.52. The summed E-state index contributed by atoms with van der Waals surface area (Å²) in [6, 6.07) is 5.36. The lowest BCUT2D eigenvalue weighted by atomic mass is 10.0. The molecule has 3 rings (SSSR count). The number of fused-ring (bicyclic) bond motifs is 1. The number of aliphatic hydroxyl groups is 2. The predicted octanol–water partition coefficient (Wildman–Crippen LogP) is -3.08. The standard InChI is InChI=1S/C41H55N9O13/c1-21(2)13-28(38(59)50-32(20-52)40(61)48-30(37(58)45-22(3)41(62)63)15-24-17-43-27-12-8-7-11-25(24)27)46-33(53)18-44-36(57)29(14-23-9-5-4-6-10-23)47-39(60)31(19-51)49-35(56)26(42)16-34(54)55/h4-12,17,21-22,26,28-32,43,51-52H,13-16,18-20,42H2,1-3H3,(H,44,57)(H,45,58)(H,46,53)(H,47,60)(H,48,61)(H,49,56)(H,50,59)(H,54,55)(H,62,63)/t22-,26-,28-,29-,30-,31-,32-/m0/s1. The molecule has 1 aromatic heterocycles. The van der Waals surface area contributed by atoms with Gasteiger partial charge in [-0.15, -0.1) is 0 Å². The number of aromatic nitrogens is 1. The molecule has 22 heteroatoms. The summed E-state index contributed by atoms with van der Waals surface area (Å²) < 4.78 is 0. The van der Waals surface area contributed by atoms with Crippen molar-refractivity contribution in [3.8, 4) is 0 Å². The normalized spacial score (nSPS) is 14.4. The van der Waals surface area contributed by atoms with E-state index in [2.05, 4.69) is 42.2 Å². The number of carboxylic acids is 2. The molecule has 2 aromatic carbocycles. The van der Waals surface area contributed by atoms with Crippen molar-refractivity contribution in [3.63, 3.8) is 0 Å². The maximum Gasteiger partial charge on any atom is 0.325 e. The summed E-state index contributed by atoms with van der Waals surface area (Å²) in [4.78, 5) is 118. The van der Waals surface area contributed by atoms with E-state index in [0.717, 1.165) is 10.9 Å². The molecule has 0 spiro atoms. The second-order valence-corrected chi connectivity index (χ2v) is 15.1. The van der Waals surface area contributed by atoms with Crippen LogP contribution >= 0.6 is 0 Å². The van der Waals surface area contributed by atoms with Crippen LogP contribution < -0.4 is 43.0 Å². The molecule has 0 aliphatic heterocycles. The molecule has 0 aliphatic rings. The number of H-pyrrole nitrogens is 1. The summed E-state index contributed by atoms with van der Waals surface area (Å²) >= 11 is 0. The van der Waals surface area contributed by atoms with Gasteiger partial charge in [0, 0.05) is 29.9 Å². The Kier molecular flexibility index (Phi) is 19.6. The van der Waals surface area contributed by atoms with E-state index in [1.54, 1.807) is 74.6 Å². The Labute approximate surface area is 361 Å². The highest BCUT2D eigenvalue weighted by atomic mass is 16.4. The Morgan fingerprint density at radius 3 is 1.71 bits per heavy atom. The number of para-hydroxylation sites is 1. The molecule has 1 heterocycles. The average molecular weight is 882 g/mol. The first-order valence-corrected chi connectivity index (χ1v) is 19.9. The number of hydrogen-bond donors (Lipinski definition) is 13. The third-order valence-electron chi connectivity index (χ3n) is 9.52. The third kappa shape index (κ3) is 16.1. The summed E-state index contributed by atoms with van der Waals surface area (Å²) in [5, 5.41) is 55.6. The van der Waals surface area contributed by atoms with Gasteiger partial charge in [0.1, 0.15) is 36.3 Å². The Morgan fingerprint density at radius 2 is 1.14 bits per heavy atom. The summed E-state index contributed by atoms with van der Waals surface area (Å²) in [7, 11) is 0. The van der Waals surface area contributed by atoms with Crippen LogP contribution in [0.2, 0.25) is 0 Å². The van der Waals surface area contributed by atoms with Gasteiger partial charge in [-0.2, -0.15) is 0 Å². The number of carbonyl (C=O) groups is 9. The van der Waals surface area contributed by atoms with Crippen molar-refractivity contribution >= 4 is 64.2 Å². The SMILES string of the molecule is CC(C)C[C@H](NC(=O)CNC(=O)[C@H](Cc1ccccc1)NC(=O)[C@H](CO)NC(=O)[C@@H](N)CC(=O)O)C(=O)N[C@@H](CO)C(=O)N[C@@H](Cc1c[nH]c2ccccc12)C(=O)N[C@@H](C)C(=O)O. The van der Waals surface area contributed by atoms with Gasteiger partial charge in [-0.05, 0) is 36.5 Å². The maximum atomic E-state index is 13.6. The van der Waals surface area contributed by atoms with E-state index in [4.69, 9.17) is 10.8 Å². The van der Waals surface area contributed by atoms with Crippen LogP contribution in [0.1, 0.15) is 44.7 Å². The highest BCUT2D eigenvalue weighted by Crippen LogP contribution is 2.19. The predicted molar refractivity (Wildman–Crippen MR) is 224 cm³/mol. The zero-order chi connectivity index (χ0) is 46.8. The van der Waals surface area contributed by atoms with Gasteiger partial charge in [-0.1, -0.05) is 62.4 Å². The van der Waals surface area contributed by atoms with Crippen LogP contribution in [0, 0.1) is 5.92 Å². The molecule has 7 atom stereocenters. The Morgan fingerprint density at radius 1 is 0.619 bits per heavy atom. The van der Waals surface area contributed by atoms with Gasteiger partial charge in [0.05, 0.1) is 32.2 Å². The van der Waals surface area contributed by atoms with Crippen molar-refractivity contribution in [2.75, 3.05) is 19.8 Å². The van der Waals surface area contributed by atoms with E-state index in [9.17, 15) is 58.5 Å². The summed E-state index contributed by atoms with van der Waals surface area (Å²) in [6.45, 7) is 2.14. The highest BCUT2D eigenvalue weighted by Gasteiger charge is 2.33. The minimum absolute atomic E-state index is 0.0288. The fourth-order valence-electron chi connectivity index (χ4n) is 6.17. The Bertz CT molecular complexity index is 2100. The number of aliphatic hydroxyl groups excluding tert-OH is 2. The van der Waals surface area contributed by atoms with Gasteiger partial charge in [-0.25, -0.2) is 0 Å². The van der Waals surface area contributed by atoms with E-state index >= 15 is 0 Å². The van der Waals surface area contributed by atoms with Gasteiger partial charge in [0.25, 0.3) is 0 Å². The molecule has 0 fully saturated rings. The van der Waals surface area contributed by atoms with Crippen LogP contribution in [-0.4, -0.2) is 141 Å². The van der Waals surface area contributed by atoms with Gasteiger partial charge < -0.3 is 68.4 Å². The number of aromatic amines is 1. The number of carboxylic acid groups (broad SMARTS) is 2. The topological polar surface area (TPSA) is 361 Å². The van der Waals surface area contributed by atoms with Gasteiger partial charge in [-0.3, -0.25) is 43.2 Å². The first kappa shape index (κ1) is 50.4. The zero-order valence-electron chi connectivity index (χ0n) is 34.9. The fraction of sp³-hybridized carbons (Fsp3) is 0.439. The van der Waals surface area contributed by atoms with Gasteiger partial charge >= 0.3 is 11.9 Å². The molecular formula is C41H55N9O13. The minimum atomic E-state index is -1.64. The zero-order valence-corrected chi connectivity index (χ0v) is 34.9. The smallest absolute Gasteiger partial charge is 0.325 e. The van der Waals surface area contributed by atoms with Crippen LogP contribution in [-0.2, 0) is 56.0 Å². The number of carbonyl (C=O) groups excluding carboxylic acids is 7. The maximum absolute atomic E-state index is 13.6. The van der Waals surface area contributed by atoms with Crippen LogP contribution in [0.15, 0.2) is 60.8 Å². The number of benzene rings is 2. The van der Waals surface area contributed by atoms with Crippen LogP contribution in [0.3, 0.4) is 0 Å². The van der Waals surface area contributed by atoms with Crippen molar-refractivity contribution in [1.82, 2.24) is 42.2 Å². The van der Waals surface area contributed by atoms with Crippen LogP contribution in [0.25, 0.3) is 10.9 Å². The lowest BCUT2D eigenvalue weighted by Crippen LogP contribution is -2.59. The minimum Gasteiger partial charge on any atom is -0.481 e. The molecule has 0 saturated heterocycles. The first-order chi connectivity index (χ1) is 29.8. The number of aliphatic carboxylic acids is 2. The van der Waals surface area contributed by atoms with Gasteiger partial charge in [0.2, 0.25) is 41.4 Å². The number of amides is 7. The lowest BCUT2D eigenvalue weighted by Gasteiger charge is -2.26. The first-order valence-electron chi connectivity index (χ1n) is 19.9. The van der Waals surface area contributed by atoms with Crippen molar-refractivity contribution in [1.29, 1.82) is 0 Å². The fourth-order valence-corrected chi connectivity index (χ4v) is 6.17. The molecule has 63 heavy (non-hydrogen) atoms. The summed E-state index contributed by atoms with van der Waals surface area (Å²) in [5.41, 5.74) is 7.48. The molecule has 3 aromatic rings. The number of rotatable bonds is 25. The molecule has 0 radical (unpaired) electrons. The highest BCUT2D eigenvalue weighted by molar-refractivity contribution is 5.97. The van der Waals surface area contributed by atoms with E-state index in [1.807, 2.05) is 0 Å². The molecule has 0 aliphatic carbocycles. The molecule has 7 amide bonds. The van der Waals surface area contributed by atoms with E-state index in [-0.39, 0.29) is 25.2 Å². The molecular weight excluding hydrogens is 827 g/mol. The summed E-state index contributed by atoms with van der Waals surface area (Å²) in [5.74, 6) is -9.45. The second-order valence-electron chi connectivity index (χ2n) is 15.1. The number of hydrogen-bond acceptors (Lipinski definition) is 12. The van der Waals surface area contributed by atoms with Crippen molar-refractivity contribution < 1.29 is 63.6 Å². The Balaban J connectivity index is 1.71. The van der Waals surface area contributed by atoms with Crippen molar-refractivity contribution in [2.45, 2.75) is 88.7 Å². The quantitative estimate of drug-likeness (QED) is 0.0402. The van der Waals surface area contributed by atoms with Crippen LogP contribution in [0.4, 0.5) is 0 Å². The van der Waals surface area contributed by atoms with Crippen molar-refractivity contribution in [2.24, 2.45) is 11.7 Å². The monoisotopic (exact) mass is 881 g/mol. The molecule has 342 valence electrons. The largest absolute Gasteiger partial charge is 0.481 e. The van der Waals surface area contributed by atoms with Crippen LogP contribution in [0.5, 0.6) is 0 Å². The van der Waals surface area contributed by atoms with E-state index in [0.29, 0.717) is 11.1 Å². The molecule has 0 bridgehead atoms. The number of nitrogens with one attached hydrogen (secondary N) is 8. The second kappa shape index (κ2) is 24.5. The van der Waals surface area contributed by atoms with E-state index < -0.39 is 122 Å². The molecule has 0 saturated carbocycles. The molecule has 22 nitrogen and oxygen atoms in total. The summed E-state index contributed by atoms with van der Waals surface area (Å²) in [6.07, 6.45) is 0.686. The van der Waals surface area contributed by atoms with Crippen molar-refractivity contribution in [3.05, 3.63) is 71.9 Å².